The van der Waals surface area contributed by atoms with Gasteiger partial charge < -0.3 is 9.57 Å². The van der Waals surface area contributed by atoms with Crippen molar-refractivity contribution in [3.05, 3.63) is 11.3 Å². The molecule has 132 valence electrons. The van der Waals surface area contributed by atoms with Crippen LogP contribution in [-0.4, -0.2) is 33.2 Å². The number of nitrogens with zero attached hydrogens (tertiary/aromatic N) is 3. The highest BCUT2D eigenvalue weighted by molar-refractivity contribution is 8.13. The quantitative estimate of drug-likeness (QED) is 0.819. The first-order valence-corrected chi connectivity index (χ1v) is 8.21. The summed E-state index contributed by atoms with van der Waals surface area (Å²) in [6.45, 7) is 5.92. The molecule has 5 nitrogen and oxygen atoms in total. The molecule has 1 aromatic heterocycles. The fraction of sp³-hybridized carbons (Fsp3) is 0.714. The van der Waals surface area contributed by atoms with Crippen LogP contribution >= 0.6 is 11.8 Å². The molecule has 23 heavy (non-hydrogen) atoms. The predicted octanol–water partition coefficient (Wildman–Crippen LogP) is 4.05. The van der Waals surface area contributed by atoms with Gasteiger partial charge in [-0.1, -0.05) is 30.8 Å². The molecule has 0 spiro atoms. The van der Waals surface area contributed by atoms with E-state index in [0.717, 1.165) is 11.8 Å². The van der Waals surface area contributed by atoms with Crippen molar-refractivity contribution in [2.24, 2.45) is 12.2 Å². The maximum absolute atomic E-state index is 14.0. The Bertz CT molecular complexity index is 562. The zero-order chi connectivity index (χ0) is 17.8. The van der Waals surface area contributed by atoms with Gasteiger partial charge in [-0.25, -0.2) is 9.07 Å². The SMILES string of the molecule is CC.Cc1nn(C)c(OC(F)F)c1CSC1=NOC(C)(C)C1F. The molecule has 1 unspecified atom stereocenters. The van der Waals surface area contributed by atoms with Crippen molar-refractivity contribution >= 4 is 16.8 Å². The summed E-state index contributed by atoms with van der Waals surface area (Å²) in [5, 5.41) is 7.92. The normalized spacial score (nSPS) is 19.0. The molecule has 0 saturated heterocycles. The fourth-order valence-electron chi connectivity index (χ4n) is 1.88. The van der Waals surface area contributed by atoms with E-state index >= 15 is 0 Å². The van der Waals surface area contributed by atoms with Crippen LogP contribution in [0.5, 0.6) is 5.88 Å². The molecule has 1 aliphatic rings. The Balaban J connectivity index is 0.00000127. The van der Waals surface area contributed by atoms with Crippen LogP contribution in [-0.2, 0) is 17.6 Å². The van der Waals surface area contributed by atoms with Gasteiger partial charge in [0.2, 0.25) is 5.88 Å². The van der Waals surface area contributed by atoms with Crippen LogP contribution in [0.3, 0.4) is 0 Å². The maximum Gasteiger partial charge on any atom is 0.388 e. The molecule has 0 bridgehead atoms. The van der Waals surface area contributed by atoms with E-state index in [1.807, 2.05) is 13.8 Å². The molecule has 0 saturated carbocycles. The Morgan fingerprint density at radius 2 is 2.00 bits per heavy atom. The second-order valence-electron chi connectivity index (χ2n) is 5.15. The standard InChI is InChI=1S/C12H16F3N3O2S.C2H6/c1-6-7(10(18(4)16-6)19-11(14)15)5-21-9-8(13)12(2,3)20-17-9;1-2/h8,11H,5H2,1-4H3;1-2H3. The first-order valence-electron chi connectivity index (χ1n) is 7.22. The zero-order valence-electron chi connectivity index (χ0n) is 14.1. The molecule has 2 heterocycles. The van der Waals surface area contributed by atoms with Gasteiger partial charge in [0.25, 0.3) is 0 Å². The van der Waals surface area contributed by atoms with E-state index in [9.17, 15) is 13.2 Å². The Morgan fingerprint density at radius 1 is 1.39 bits per heavy atom. The Labute approximate surface area is 138 Å². The van der Waals surface area contributed by atoms with E-state index < -0.39 is 18.4 Å². The Hall–Kier alpha value is -1.38. The largest absolute Gasteiger partial charge is 0.417 e. The number of hydrogen-bond donors (Lipinski definition) is 0. The van der Waals surface area contributed by atoms with Gasteiger partial charge in [-0.05, 0) is 20.8 Å². The van der Waals surface area contributed by atoms with Crippen molar-refractivity contribution in [2.75, 3.05) is 0 Å². The molecule has 0 fully saturated rings. The van der Waals surface area contributed by atoms with E-state index in [0.29, 0.717) is 11.3 Å². The number of oxime groups is 1. The summed E-state index contributed by atoms with van der Waals surface area (Å²) in [6.07, 6.45) is -1.35. The number of rotatable bonds is 4. The van der Waals surface area contributed by atoms with Gasteiger partial charge in [-0.15, -0.1) is 0 Å². The van der Waals surface area contributed by atoms with Crippen molar-refractivity contribution in [3.8, 4) is 5.88 Å². The lowest BCUT2D eigenvalue weighted by Crippen LogP contribution is -2.33. The molecule has 1 aromatic rings. The minimum Gasteiger partial charge on any atom is -0.417 e. The third-order valence-electron chi connectivity index (χ3n) is 3.05. The van der Waals surface area contributed by atoms with E-state index in [4.69, 9.17) is 4.84 Å². The van der Waals surface area contributed by atoms with Crippen molar-refractivity contribution in [1.82, 2.24) is 9.78 Å². The molecular formula is C14H22F3N3O2S. The summed E-state index contributed by atoms with van der Waals surface area (Å²) in [6, 6.07) is 0. The first-order chi connectivity index (χ1) is 10.7. The maximum atomic E-state index is 14.0. The molecule has 0 aliphatic carbocycles. The van der Waals surface area contributed by atoms with Crippen LogP contribution in [0.1, 0.15) is 39.0 Å². The monoisotopic (exact) mass is 353 g/mol. The third-order valence-corrected chi connectivity index (χ3v) is 4.06. The number of aryl methyl sites for hydroxylation is 2. The topological polar surface area (TPSA) is 48.6 Å². The fourth-order valence-corrected chi connectivity index (χ4v) is 3.02. The molecular weight excluding hydrogens is 331 g/mol. The van der Waals surface area contributed by atoms with Gasteiger partial charge in [0, 0.05) is 18.4 Å². The lowest BCUT2D eigenvalue weighted by atomic mass is 10.1. The van der Waals surface area contributed by atoms with Gasteiger partial charge in [0.05, 0.1) is 5.69 Å². The molecule has 2 rings (SSSR count). The number of hydrogen-bond acceptors (Lipinski definition) is 5. The van der Waals surface area contributed by atoms with E-state index in [1.54, 1.807) is 20.8 Å². The van der Waals surface area contributed by atoms with Gasteiger partial charge in [0.15, 0.2) is 16.8 Å². The van der Waals surface area contributed by atoms with E-state index in [2.05, 4.69) is 15.0 Å². The highest BCUT2D eigenvalue weighted by atomic mass is 32.2. The average Bonchev–Trinajstić information content (AvgIpc) is 2.88. The van der Waals surface area contributed by atoms with Crippen LogP contribution in [0.2, 0.25) is 0 Å². The molecule has 0 radical (unpaired) electrons. The minimum atomic E-state index is -2.94. The average molecular weight is 353 g/mol. The second kappa shape index (κ2) is 7.94. The number of ether oxygens (including phenoxy) is 1. The van der Waals surface area contributed by atoms with Gasteiger partial charge in [-0.2, -0.15) is 13.9 Å². The van der Waals surface area contributed by atoms with Crippen LogP contribution in [0.25, 0.3) is 0 Å². The van der Waals surface area contributed by atoms with Crippen LogP contribution in [0, 0.1) is 6.92 Å². The minimum absolute atomic E-state index is 0.0239. The van der Waals surface area contributed by atoms with Crippen LogP contribution in [0.15, 0.2) is 5.16 Å². The summed E-state index contributed by atoms with van der Waals surface area (Å²) >= 11 is 1.09. The summed E-state index contributed by atoms with van der Waals surface area (Å²) in [4.78, 5) is 5.00. The number of aromatic nitrogens is 2. The smallest absolute Gasteiger partial charge is 0.388 e. The predicted molar refractivity (Wildman–Crippen MR) is 84.7 cm³/mol. The number of alkyl halides is 3. The Kier molecular flexibility index (Phi) is 6.79. The Morgan fingerprint density at radius 3 is 2.48 bits per heavy atom. The summed E-state index contributed by atoms with van der Waals surface area (Å²) in [7, 11) is 1.51. The second-order valence-corrected chi connectivity index (χ2v) is 6.14. The van der Waals surface area contributed by atoms with Crippen LogP contribution < -0.4 is 4.74 Å². The summed E-state index contributed by atoms with van der Waals surface area (Å²) < 4.78 is 44.6. The molecule has 0 aromatic carbocycles. The number of thioether (sulfide) groups is 1. The van der Waals surface area contributed by atoms with Crippen molar-refractivity contribution < 1.29 is 22.7 Å². The summed E-state index contributed by atoms with van der Waals surface area (Å²) in [5.74, 6) is 0.199. The van der Waals surface area contributed by atoms with Gasteiger partial charge in [-0.3, -0.25) is 0 Å². The highest BCUT2D eigenvalue weighted by Gasteiger charge is 2.42. The third kappa shape index (κ3) is 4.55. The lowest BCUT2D eigenvalue weighted by Gasteiger charge is -2.17. The van der Waals surface area contributed by atoms with E-state index in [-0.39, 0.29) is 16.7 Å². The zero-order valence-corrected chi connectivity index (χ0v) is 14.9. The summed E-state index contributed by atoms with van der Waals surface area (Å²) in [5.41, 5.74) is 0.0338. The number of halogens is 3. The van der Waals surface area contributed by atoms with Crippen molar-refractivity contribution in [3.63, 3.8) is 0 Å². The lowest BCUT2D eigenvalue weighted by molar-refractivity contribution is -0.0557. The van der Waals surface area contributed by atoms with Crippen molar-refractivity contribution in [2.45, 2.75) is 58.8 Å². The van der Waals surface area contributed by atoms with Gasteiger partial charge in [0.1, 0.15) is 0 Å². The molecule has 0 N–H and O–H groups in total. The molecule has 1 atom stereocenters. The van der Waals surface area contributed by atoms with E-state index in [1.165, 1.54) is 11.7 Å². The molecule has 1 aliphatic heterocycles. The first kappa shape index (κ1) is 19.7. The highest BCUT2D eigenvalue weighted by Crippen LogP contribution is 2.34. The van der Waals surface area contributed by atoms with Crippen LogP contribution in [0.4, 0.5) is 13.2 Å². The van der Waals surface area contributed by atoms with Crippen molar-refractivity contribution in [1.29, 1.82) is 0 Å². The molecule has 9 heteroatoms. The van der Waals surface area contributed by atoms with Gasteiger partial charge >= 0.3 is 6.61 Å². The molecule has 0 amide bonds.